The van der Waals surface area contributed by atoms with Gasteiger partial charge < -0.3 is 5.32 Å². The van der Waals surface area contributed by atoms with E-state index in [0.717, 1.165) is 19.0 Å². The van der Waals surface area contributed by atoms with E-state index in [1.54, 1.807) is 0 Å². The first kappa shape index (κ1) is 15.5. The van der Waals surface area contributed by atoms with Gasteiger partial charge in [0.2, 0.25) is 0 Å². The second-order valence-corrected chi connectivity index (χ2v) is 6.35. The topological polar surface area (TPSA) is 15.3 Å². The summed E-state index contributed by atoms with van der Waals surface area (Å²) in [7, 11) is 2.07. The van der Waals surface area contributed by atoms with Gasteiger partial charge in [0.15, 0.2) is 0 Å². The molecule has 0 bridgehead atoms. The Morgan fingerprint density at radius 2 is 1.95 bits per heavy atom. The fraction of sp³-hybridized carbons (Fsp3) is 0.667. The molecule has 20 heavy (non-hydrogen) atoms. The molecule has 0 aliphatic carbocycles. The third-order valence-electron chi connectivity index (χ3n) is 4.68. The zero-order chi connectivity index (χ0) is 14.5. The minimum atomic E-state index is 0.586. The smallest absolute Gasteiger partial charge is 0.0388 e. The van der Waals surface area contributed by atoms with Crippen LogP contribution in [0, 0.1) is 5.92 Å². The van der Waals surface area contributed by atoms with Gasteiger partial charge in [-0.05, 0) is 62.5 Å². The number of piperidine rings is 1. The number of likely N-dealkylation sites (tertiary alicyclic amines) is 1. The first-order valence-electron chi connectivity index (χ1n) is 8.15. The molecule has 2 atom stereocenters. The van der Waals surface area contributed by atoms with E-state index in [0.29, 0.717) is 12.0 Å². The Kier molecular flexibility index (Phi) is 5.62. The maximum Gasteiger partial charge on any atom is 0.0388 e. The summed E-state index contributed by atoms with van der Waals surface area (Å²) < 4.78 is 0. The van der Waals surface area contributed by atoms with Crippen LogP contribution in [0.4, 0.5) is 0 Å². The minimum absolute atomic E-state index is 0.586. The van der Waals surface area contributed by atoms with Gasteiger partial charge in [-0.15, -0.1) is 0 Å². The third kappa shape index (κ3) is 3.42. The van der Waals surface area contributed by atoms with E-state index in [9.17, 15) is 0 Å². The Morgan fingerprint density at radius 3 is 2.50 bits per heavy atom. The Bertz CT molecular complexity index is 394. The molecule has 1 aromatic carbocycles. The van der Waals surface area contributed by atoms with Gasteiger partial charge in [-0.25, -0.2) is 0 Å². The van der Waals surface area contributed by atoms with Crippen LogP contribution in [0.1, 0.15) is 56.7 Å². The predicted molar refractivity (Wildman–Crippen MR) is 87.2 cm³/mol. The van der Waals surface area contributed by atoms with Crippen LogP contribution in [0.2, 0.25) is 0 Å². The normalized spacial score (nSPS) is 24.2. The quantitative estimate of drug-likeness (QED) is 0.878. The summed E-state index contributed by atoms with van der Waals surface area (Å²) in [5.74, 6) is 1.35. The SMILES string of the molecule is CCN1CCCC(CNC)C1c1ccc(C(C)C)cc1. The molecule has 0 spiro atoms. The maximum atomic E-state index is 3.38. The third-order valence-corrected chi connectivity index (χ3v) is 4.68. The molecule has 1 heterocycles. The Balaban J connectivity index is 2.23. The van der Waals surface area contributed by atoms with Crippen LogP contribution < -0.4 is 5.32 Å². The monoisotopic (exact) mass is 274 g/mol. The van der Waals surface area contributed by atoms with Crippen molar-refractivity contribution in [2.75, 3.05) is 26.7 Å². The summed E-state index contributed by atoms with van der Waals surface area (Å²) in [5.41, 5.74) is 2.94. The molecule has 1 aliphatic rings. The fourth-order valence-electron chi connectivity index (χ4n) is 3.54. The number of hydrogen-bond acceptors (Lipinski definition) is 2. The van der Waals surface area contributed by atoms with Crippen LogP contribution in [-0.2, 0) is 0 Å². The summed E-state index contributed by atoms with van der Waals surface area (Å²) in [6, 6.07) is 9.94. The predicted octanol–water partition coefficient (Wildman–Crippen LogP) is 3.80. The highest BCUT2D eigenvalue weighted by atomic mass is 15.2. The average molecular weight is 274 g/mol. The first-order valence-corrected chi connectivity index (χ1v) is 8.15. The van der Waals surface area contributed by atoms with Crippen LogP contribution >= 0.6 is 0 Å². The van der Waals surface area contributed by atoms with Crippen molar-refractivity contribution in [2.45, 2.75) is 45.6 Å². The molecule has 1 aliphatic heterocycles. The molecule has 0 saturated carbocycles. The van der Waals surface area contributed by atoms with Gasteiger partial charge in [0.05, 0.1) is 0 Å². The van der Waals surface area contributed by atoms with E-state index in [4.69, 9.17) is 0 Å². The largest absolute Gasteiger partial charge is 0.319 e. The molecule has 2 nitrogen and oxygen atoms in total. The molecule has 2 rings (SSSR count). The molecule has 1 fully saturated rings. The van der Waals surface area contributed by atoms with E-state index >= 15 is 0 Å². The van der Waals surface area contributed by atoms with Gasteiger partial charge in [-0.2, -0.15) is 0 Å². The highest BCUT2D eigenvalue weighted by Gasteiger charge is 2.31. The molecule has 2 unspecified atom stereocenters. The molecule has 0 amide bonds. The number of nitrogens with zero attached hydrogens (tertiary/aromatic N) is 1. The van der Waals surface area contributed by atoms with Crippen molar-refractivity contribution in [1.82, 2.24) is 10.2 Å². The van der Waals surface area contributed by atoms with E-state index in [-0.39, 0.29) is 0 Å². The Hall–Kier alpha value is -0.860. The molecule has 1 saturated heterocycles. The van der Waals surface area contributed by atoms with Gasteiger partial charge >= 0.3 is 0 Å². The summed E-state index contributed by atoms with van der Waals surface area (Å²) in [5, 5.41) is 3.38. The standard InChI is InChI=1S/C18H30N2/c1-5-20-12-6-7-17(13-19-4)18(20)16-10-8-15(9-11-16)14(2)3/h8-11,14,17-19H,5-7,12-13H2,1-4H3. The minimum Gasteiger partial charge on any atom is -0.319 e. The highest BCUT2D eigenvalue weighted by molar-refractivity contribution is 5.27. The summed E-state index contributed by atoms with van der Waals surface area (Å²) >= 11 is 0. The van der Waals surface area contributed by atoms with Gasteiger partial charge in [0.25, 0.3) is 0 Å². The second kappa shape index (κ2) is 7.24. The summed E-state index contributed by atoms with van der Waals surface area (Å²) in [4.78, 5) is 2.65. The summed E-state index contributed by atoms with van der Waals surface area (Å²) in [6.45, 7) is 10.3. The van der Waals surface area contributed by atoms with Gasteiger partial charge in [-0.3, -0.25) is 4.90 Å². The van der Waals surface area contributed by atoms with Crippen LogP contribution in [0.25, 0.3) is 0 Å². The first-order chi connectivity index (χ1) is 9.67. The highest BCUT2D eigenvalue weighted by Crippen LogP contribution is 2.35. The number of nitrogens with one attached hydrogen (secondary N) is 1. The van der Waals surface area contributed by atoms with Crippen molar-refractivity contribution in [3.8, 4) is 0 Å². The zero-order valence-electron chi connectivity index (χ0n) is 13.5. The second-order valence-electron chi connectivity index (χ2n) is 6.35. The molecule has 0 aromatic heterocycles. The molecule has 1 N–H and O–H groups in total. The summed E-state index contributed by atoms with van der Waals surface area (Å²) in [6.07, 6.45) is 2.68. The van der Waals surface area contributed by atoms with Crippen LogP contribution in [-0.4, -0.2) is 31.6 Å². The van der Waals surface area contributed by atoms with Crippen LogP contribution in [0.15, 0.2) is 24.3 Å². The van der Waals surface area contributed by atoms with E-state index < -0.39 is 0 Å². The zero-order valence-corrected chi connectivity index (χ0v) is 13.5. The van der Waals surface area contributed by atoms with E-state index in [1.165, 1.54) is 30.5 Å². The van der Waals surface area contributed by atoms with Gasteiger partial charge in [0, 0.05) is 6.04 Å². The molecule has 0 radical (unpaired) electrons. The molecule has 112 valence electrons. The fourth-order valence-corrected chi connectivity index (χ4v) is 3.54. The van der Waals surface area contributed by atoms with Crippen LogP contribution in [0.5, 0.6) is 0 Å². The Morgan fingerprint density at radius 1 is 1.25 bits per heavy atom. The van der Waals surface area contributed by atoms with Crippen molar-refractivity contribution in [1.29, 1.82) is 0 Å². The van der Waals surface area contributed by atoms with Crippen molar-refractivity contribution in [2.24, 2.45) is 5.92 Å². The lowest BCUT2D eigenvalue weighted by atomic mass is 9.84. The lowest BCUT2D eigenvalue weighted by Gasteiger charge is -2.41. The van der Waals surface area contributed by atoms with Crippen molar-refractivity contribution in [3.05, 3.63) is 35.4 Å². The average Bonchev–Trinajstić information content (AvgIpc) is 2.47. The van der Waals surface area contributed by atoms with Crippen molar-refractivity contribution < 1.29 is 0 Å². The molecular weight excluding hydrogens is 244 g/mol. The lowest BCUT2D eigenvalue weighted by molar-refractivity contribution is 0.0982. The van der Waals surface area contributed by atoms with Crippen molar-refractivity contribution >= 4 is 0 Å². The molecule has 1 aromatic rings. The Labute approximate surface area is 124 Å². The number of hydrogen-bond donors (Lipinski definition) is 1. The van der Waals surface area contributed by atoms with E-state index in [1.807, 2.05) is 0 Å². The van der Waals surface area contributed by atoms with E-state index in [2.05, 4.69) is 62.3 Å². The molecular formula is C18H30N2. The van der Waals surface area contributed by atoms with Gasteiger partial charge in [-0.1, -0.05) is 45.0 Å². The van der Waals surface area contributed by atoms with Crippen molar-refractivity contribution in [3.63, 3.8) is 0 Å². The van der Waals surface area contributed by atoms with Gasteiger partial charge in [0.1, 0.15) is 0 Å². The number of benzene rings is 1. The van der Waals surface area contributed by atoms with Crippen LogP contribution in [0.3, 0.4) is 0 Å². The lowest BCUT2D eigenvalue weighted by Crippen LogP contribution is -2.41. The maximum absolute atomic E-state index is 3.38. The molecule has 2 heteroatoms. The number of rotatable bonds is 5.